The van der Waals surface area contributed by atoms with Gasteiger partial charge < -0.3 is 14.6 Å². The van der Waals surface area contributed by atoms with Crippen LogP contribution in [-0.2, 0) is 4.79 Å². The van der Waals surface area contributed by atoms with Crippen LogP contribution in [0.25, 0.3) is 6.08 Å². The molecule has 0 spiro atoms. The van der Waals surface area contributed by atoms with E-state index in [1.165, 1.54) is 0 Å². The molecule has 1 aromatic rings. The van der Waals surface area contributed by atoms with Crippen molar-refractivity contribution in [3.8, 4) is 11.5 Å². The van der Waals surface area contributed by atoms with Crippen molar-refractivity contribution in [2.75, 3.05) is 13.7 Å². The molecule has 0 aromatic heterocycles. The van der Waals surface area contributed by atoms with E-state index in [0.717, 1.165) is 5.56 Å². The van der Waals surface area contributed by atoms with Crippen LogP contribution in [0.4, 0.5) is 0 Å². The predicted octanol–water partition coefficient (Wildman–Crippen LogP) is 1.95. The fourth-order valence-corrected chi connectivity index (χ4v) is 1.59. The Hall–Kier alpha value is -1.97. The molecule has 0 atom stereocenters. The number of ether oxygens (including phenoxy) is 2. The molecule has 4 heteroatoms. The lowest BCUT2D eigenvalue weighted by molar-refractivity contribution is -0.132. The van der Waals surface area contributed by atoms with Crippen LogP contribution in [-0.4, -0.2) is 24.8 Å². The number of hydrogen-bond donors (Lipinski definition) is 1. The zero-order valence-electron chi connectivity index (χ0n) is 8.90. The first kappa shape index (κ1) is 10.5. The summed E-state index contributed by atoms with van der Waals surface area (Å²) in [5.74, 6) is 0.466. The van der Waals surface area contributed by atoms with Gasteiger partial charge in [-0.1, -0.05) is 0 Å². The monoisotopic (exact) mass is 220 g/mol. The molecule has 0 aliphatic carbocycles. The summed E-state index contributed by atoms with van der Waals surface area (Å²) in [5.41, 5.74) is 1.14. The van der Waals surface area contributed by atoms with Crippen molar-refractivity contribution in [1.29, 1.82) is 0 Å². The summed E-state index contributed by atoms with van der Waals surface area (Å²) in [6.45, 7) is 0.373. The van der Waals surface area contributed by atoms with Crippen molar-refractivity contribution in [3.63, 3.8) is 0 Å². The maximum atomic E-state index is 10.9. The van der Waals surface area contributed by atoms with Crippen molar-refractivity contribution in [2.45, 2.75) is 6.42 Å². The van der Waals surface area contributed by atoms with Crippen LogP contribution >= 0.6 is 0 Å². The van der Waals surface area contributed by atoms with E-state index in [2.05, 4.69) is 0 Å². The molecule has 0 bridgehead atoms. The molecule has 0 amide bonds. The Balaban J connectivity index is 2.42. The largest absolute Gasteiger partial charge is 0.497 e. The van der Waals surface area contributed by atoms with Gasteiger partial charge in [-0.3, -0.25) is 0 Å². The highest BCUT2D eigenvalue weighted by molar-refractivity contribution is 5.92. The van der Waals surface area contributed by atoms with Crippen molar-refractivity contribution >= 4 is 12.0 Å². The Morgan fingerprint density at radius 3 is 3.00 bits per heavy atom. The van der Waals surface area contributed by atoms with Gasteiger partial charge in [0.15, 0.2) is 0 Å². The number of carboxylic acid groups (broad SMARTS) is 1. The third-order valence-corrected chi connectivity index (χ3v) is 2.45. The van der Waals surface area contributed by atoms with Crippen LogP contribution in [0.1, 0.15) is 12.0 Å². The topological polar surface area (TPSA) is 55.8 Å². The van der Waals surface area contributed by atoms with Crippen molar-refractivity contribution in [3.05, 3.63) is 29.3 Å². The van der Waals surface area contributed by atoms with Gasteiger partial charge >= 0.3 is 5.97 Å². The summed E-state index contributed by atoms with van der Waals surface area (Å²) in [6, 6.07) is 5.34. The lowest BCUT2D eigenvalue weighted by Crippen LogP contribution is -2.03. The maximum absolute atomic E-state index is 10.9. The first-order chi connectivity index (χ1) is 7.70. The van der Waals surface area contributed by atoms with E-state index in [-0.39, 0.29) is 0 Å². The minimum Gasteiger partial charge on any atom is -0.497 e. The molecule has 1 aromatic carbocycles. The smallest absolute Gasteiger partial charge is 0.331 e. The lowest BCUT2D eigenvalue weighted by Gasteiger charge is -2.07. The van der Waals surface area contributed by atoms with Gasteiger partial charge in [0, 0.05) is 23.6 Å². The van der Waals surface area contributed by atoms with Crippen LogP contribution < -0.4 is 9.47 Å². The number of hydrogen-bond acceptors (Lipinski definition) is 3. The summed E-state index contributed by atoms with van der Waals surface area (Å²) < 4.78 is 10.6. The van der Waals surface area contributed by atoms with Gasteiger partial charge in [-0.25, -0.2) is 4.79 Å². The van der Waals surface area contributed by atoms with Gasteiger partial charge in [-0.15, -0.1) is 0 Å². The van der Waals surface area contributed by atoms with Crippen molar-refractivity contribution in [1.82, 2.24) is 0 Å². The molecular formula is C12H12O4. The maximum Gasteiger partial charge on any atom is 0.331 e. The number of benzene rings is 1. The van der Waals surface area contributed by atoms with Crippen LogP contribution in [0.15, 0.2) is 23.8 Å². The second kappa shape index (κ2) is 4.26. The quantitative estimate of drug-likeness (QED) is 0.827. The molecule has 1 heterocycles. The van der Waals surface area contributed by atoms with Gasteiger partial charge in [0.05, 0.1) is 13.7 Å². The molecule has 1 N–H and O–H groups in total. The number of carbonyl (C=O) groups is 1. The summed E-state index contributed by atoms with van der Waals surface area (Å²) in [7, 11) is 1.58. The van der Waals surface area contributed by atoms with Gasteiger partial charge in [0.2, 0.25) is 0 Å². The summed E-state index contributed by atoms with van der Waals surface area (Å²) in [4.78, 5) is 10.9. The molecule has 4 nitrogen and oxygen atoms in total. The minimum absolute atomic E-state index is 0.365. The Morgan fingerprint density at radius 2 is 2.31 bits per heavy atom. The van der Waals surface area contributed by atoms with Crippen LogP contribution in [0.3, 0.4) is 0 Å². The minimum atomic E-state index is -0.896. The molecule has 0 saturated carbocycles. The zero-order valence-corrected chi connectivity index (χ0v) is 8.90. The predicted molar refractivity (Wildman–Crippen MR) is 58.7 cm³/mol. The normalized spacial score (nSPS) is 14.2. The number of carboxylic acids is 1. The molecule has 1 aliphatic heterocycles. The highest BCUT2D eigenvalue weighted by Crippen LogP contribution is 2.29. The third kappa shape index (κ3) is 2.00. The number of fused-ring (bicyclic) bond motifs is 1. The summed E-state index contributed by atoms with van der Waals surface area (Å²) in [6.07, 6.45) is 2.05. The van der Waals surface area contributed by atoms with Crippen LogP contribution in [0.5, 0.6) is 11.5 Å². The SMILES string of the molecule is COc1ccc2c(c1)OCCC(C(=O)O)=C2. The average molecular weight is 220 g/mol. The van der Waals surface area contributed by atoms with Crippen molar-refractivity contribution in [2.24, 2.45) is 0 Å². The summed E-state index contributed by atoms with van der Waals surface area (Å²) in [5, 5.41) is 8.94. The molecule has 0 saturated heterocycles. The molecular weight excluding hydrogens is 208 g/mol. The number of rotatable bonds is 2. The van der Waals surface area contributed by atoms with Gasteiger partial charge in [-0.2, -0.15) is 0 Å². The second-order valence-corrected chi connectivity index (χ2v) is 3.48. The first-order valence-corrected chi connectivity index (χ1v) is 4.95. The fourth-order valence-electron chi connectivity index (χ4n) is 1.59. The molecule has 0 radical (unpaired) electrons. The van der Waals surface area contributed by atoms with Gasteiger partial charge in [0.1, 0.15) is 11.5 Å². The Kier molecular flexibility index (Phi) is 2.81. The third-order valence-electron chi connectivity index (χ3n) is 2.45. The Morgan fingerprint density at radius 1 is 1.50 bits per heavy atom. The zero-order chi connectivity index (χ0) is 11.5. The van der Waals surface area contributed by atoms with E-state index in [9.17, 15) is 4.79 Å². The second-order valence-electron chi connectivity index (χ2n) is 3.48. The Labute approximate surface area is 93.1 Å². The van der Waals surface area contributed by atoms with Gasteiger partial charge in [0.25, 0.3) is 0 Å². The number of methoxy groups -OCH3 is 1. The van der Waals surface area contributed by atoms with E-state index in [1.54, 1.807) is 31.4 Å². The van der Waals surface area contributed by atoms with E-state index in [0.29, 0.717) is 30.1 Å². The molecule has 0 fully saturated rings. The molecule has 16 heavy (non-hydrogen) atoms. The lowest BCUT2D eigenvalue weighted by atomic mass is 10.1. The van der Waals surface area contributed by atoms with E-state index < -0.39 is 5.97 Å². The van der Waals surface area contributed by atoms with Gasteiger partial charge in [-0.05, 0) is 18.2 Å². The number of aliphatic carboxylic acids is 1. The first-order valence-electron chi connectivity index (χ1n) is 4.95. The molecule has 2 rings (SSSR count). The highest BCUT2D eigenvalue weighted by Gasteiger charge is 2.14. The standard InChI is InChI=1S/C12H12O4/c1-15-10-3-2-8-6-9(12(13)14)4-5-16-11(8)7-10/h2-3,6-7H,4-5H2,1H3,(H,13,14). The van der Waals surface area contributed by atoms with E-state index in [4.69, 9.17) is 14.6 Å². The van der Waals surface area contributed by atoms with E-state index >= 15 is 0 Å². The average Bonchev–Trinajstić information content (AvgIpc) is 2.49. The summed E-state index contributed by atoms with van der Waals surface area (Å²) >= 11 is 0. The van der Waals surface area contributed by atoms with Crippen LogP contribution in [0, 0.1) is 0 Å². The highest BCUT2D eigenvalue weighted by atomic mass is 16.5. The van der Waals surface area contributed by atoms with Crippen molar-refractivity contribution < 1.29 is 19.4 Å². The van der Waals surface area contributed by atoms with Crippen LogP contribution in [0.2, 0.25) is 0 Å². The van der Waals surface area contributed by atoms with E-state index in [1.807, 2.05) is 0 Å². The molecule has 84 valence electrons. The Bertz CT molecular complexity index is 448. The molecule has 1 aliphatic rings. The molecule has 0 unspecified atom stereocenters. The fraction of sp³-hybridized carbons (Fsp3) is 0.250.